The zero-order valence-electron chi connectivity index (χ0n) is 10.3. The summed E-state index contributed by atoms with van der Waals surface area (Å²) in [6.07, 6.45) is 1.88. The van der Waals surface area contributed by atoms with E-state index in [2.05, 4.69) is 4.98 Å². The van der Waals surface area contributed by atoms with Gasteiger partial charge in [0.2, 0.25) is 5.91 Å². The van der Waals surface area contributed by atoms with Crippen molar-refractivity contribution in [2.45, 2.75) is 19.3 Å². The smallest absolute Gasteiger partial charge is 0.246 e. The van der Waals surface area contributed by atoms with Crippen LogP contribution in [0.1, 0.15) is 19.4 Å². The summed E-state index contributed by atoms with van der Waals surface area (Å²) in [6.45, 7) is 3.77. The molecular formula is C13H17N3O. The lowest BCUT2D eigenvalue weighted by Gasteiger charge is -2.26. The number of hydrazine groups is 1. The molecule has 3 N–H and O–H groups in total. The summed E-state index contributed by atoms with van der Waals surface area (Å²) in [6, 6.07) is 7.93. The quantitative estimate of drug-likeness (QED) is 0.470. The van der Waals surface area contributed by atoms with Crippen LogP contribution in [0.2, 0.25) is 0 Å². The summed E-state index contributed by atoms with van der Waals surface area (Å²) >= 11 is 0. The van der Waals surface area contributed by atoms with E-state index in [0.29, 0.717) is 0 Å². The molecule has 1 heterocycles. The Labute approximate surface area is 100 Å². The third-order valence-electron chi connectivity index (χ3n) is 3.12. The van der Waals surface area contributed by atoms with Crippen LogP contribution in [0.5, 0.6) is 0 Å². The summed E-state index contributed by atoms with van der Waals surface area (Å²) in [7, 11) is 1.57. The topological polar surface area (TPSA) is 62.1 Å². The van der Waals surface area contributed by atoms with Crippen LogP contribution < -0.4 is 5.84 Å². The highest BCUT2D eigenvalue weighted by Crippen LogP contribution is 2.31. The Hall–Kier alpha value is -1.81. The molecule has 0 fully saturated rings. The molecule has 17 heavy (non-hydrogen) atoms. The fourth-order valence-electron chi connectivity index (χ4n) is 2.14. The molecule has 1 aromatic carbocycles. The maximum atomic E-state index is 12.1. The molecule has 4 nitrogen and oxygen atoms in total. The molecule has 0 saturated heterocycles. The Bertz CT molecular complexity index is 555. The van der Waals surface area contributed by atoms with Crippen molar-refractivity contribution in [2.75, 3.05) is 7.05 Å². The van der Waals surface area contributed by atoms with Crippen LogP contribution in [-0.4, -0.2) is 22.9 Å². The van der Waals surface area contributed by atoms with E-state index in [9.17, 15) is 4.79 Å². The number of hydrogen-bond acceptors (Lipinski definition) is 2. The van der Waals surface area contributed by atoms with Crippen molar-refractivity contribution in [3.05, 3.63) is 36.0 Å². The fraction of sp³-hybridized carbons (Fsp3) is 0.308. The number of para-hydroxylation sites is 1. The Kier molecular flexibility index (Phi) is 2.67. The first-order valence-corrected chi connectivity index (χ1v) is 5.54. The fourth-order valence-corrected chi connectivity index (χ4v) is 2.14. The monoisotopic (exact) mass is 231 g/mol. The van der Waals surface area contributed by atoms with Crippen molar-refractivity contribution in [1.82, 2.24) is 9.99 Å². The number of carbonyl (C=O) groups is 1. The van der Waals surface area contributed by atoms with Crippen molar-refractivity contribution in [3.63, 3.8) is 0 Å². The van der Waals surface area contributed by atoms with E-state index in [1.165, 1.54) is 0 Å². The second-order valence-electron chi connectivity index (χ2n) is 4.79. The number of hydrogen-bond donors (Lipinski definition) is 2. The van der Waals surface area contributed by atoms with E-state index in [1.54, 1.807) is 7.05 Å². The van der Waals surface area contributed by atoms with Gasteiger partial charge in [0, 0.05) is 24.1 Å². The molecule has 0 saturated carbocycles. The van der Waals surface area contributed by atoms with Crippen LogP contribution >= 0.6 is 0 Å². The molecule has 90 valence electrons. The van der Waals surface area contributed by atoms with Gasteiger partial charge < -0.3 is 4.98 Å². The molecule has 0 bridgehead atoms. The van der Waals surface area contributed by atoms with E-state index in [0.717, 1.165) is 21.5 Å². The molecule has 1 aromatic heterocycles. The SMILES string of the molecule is CN(N)C(=O)C(C)(C)c1c[nH]c2ccccc12. The number of likely N-dealkylation sites (N-methyl/N-ethyl adjacent to an activating group) is 1. The van der Waals surface area contributed by atoms with Crippen LogP contribution in [0, 0.1) is 0 Å². The minimum absolute atomic E-state index is 0.109. The highest BCUT2D eigenvalue weighted by atomic mass is 16.2. The zero-order valence-corrected chi connectivity index (χ0v) is 10.3. The molecule has 0 spiro atoms. The van der Waals surface area contributed by atoms with Crippen LogP contribution in [-0.2, 0) is 10.2 Å². The number of fused-ring (bicyclic) bond motifs is 1. The molecule has 2 rings (SSSR count). The van der Waals surface area contributed by atoms with E-state index >= 15 is 0 Å². The molecular weight excluding hydrogens is 214 g/mol. The number of aromatic nitrogens is 1. The Morgan fingerprint density at radius 1 is 1.35 bits per heavy atom. The highest BCUT2D eigenvalue weighted by Gasteiger charge is 2.33. The lowest BCUT2D eigenvalue weighted by molar-refractivity contribution is -0.135. The molecule has 1 amide bonds. The van der Waals surface area contributed by atoms with E-state index in [1.807, 2.05) is 44.3 Å². The van der Waals surface area contributed by atoms with E-state index in [-0.39, 0.29) is 5.91 Å². The van der Waals surface area contributed by atoms with Gasteiger partial charge in [-0.05, 0) is 25.5 Å². The lowest BCUT2D eigenvalue weighted by Crippen LogP contribution is -2.44. The first-order chi connectivity index (χ1) is 7.94. The molecule has 0 radical (unpaired) electrons. The van der Waals surface area contributed by atoms with Gasteiger partial charge in [0.25, 0.3) is 0 Å². The molecule has 0 aliphatic heterocycles. The lowest BCUT2D eigenvalue weighted by atomic mass is 9.83. The van der Waals surface area contributed by atoms with Crippen LogP contribution in [0.4, 0.5) is 0 Å². The number of amides is 1. The van der Waals surface area contributed by atoms with Gasteiger partial charge in [0.15, 0.2) is 0 Å². The van der Waals surface area contributed by atoms with Gasteiger partial charge in [0.1, 0.15) is 0 Å². The third kappa shape index (κ3) is 1.80. The first-order valence-electron chi connectivity index (χ1n) is 5.54. The van der Waals surface area contributed by atoms with Crippen molar-refractivity contribution in [2.24, 2.45) is 5.84 Å². The van der Waals surface area contributed by atoms with Gasteiger partial charge in [-0.25, -0.2) is 5.84 Å². The number of aromatic amines is 1. The second-order valence-corrected chi connectivity index (χ2v) is 4.79. The molecule has 0 atom stereocenters. The molecule has 0 unspecified atom stereocenters. The van der Waals surface area contributed by atoms with Crippen molar-refractivity contribution < 1.29 is 4.79 Å². The van der Waals surface area contributed by atoms with Crippen molar-refractivity contribution in [1.29, 1.82) is 0 Å². The van der Waals surface area contributed by atoms with Crippen molar-refractivity contribution in [3.8, 4) is 0 Å². The largest absolute Gasteiger partial charge is 0.361 e. The summed E-state index contributed by atoms with van der Waals surface area (Å²) in [5.74, 6) is 5.44. The summed E-state index contributed by atoms with van der Waals surface area (Å²) in [5, 5.41) is 2.20. The number of benzene rings is 1. The number of H-pyrrole nitrogens is 1. The molecule has 0 aliphatic carbocycles. The predicted octanol–water partition coefficient (Wildman–Crippen LogP) is 1.78. The summed E-state index contributed by atoms with van der Waals surface area (Å²) < 4.78 is 0. The average molecular weight is 231 g/mol. The van der Waals surface area contributed by atoms with Crippen LogP contribution in [0.3, 0.4) is 0 Å². The van der Waals surface area contributed by atoms with Gasteiger partial charge in [-0.2, -0.15) is 0 Å². The Morgan fingerprint density at radius 3 is 2.65 bits per heavy atom. The Balaban J connectivity index is 2.56. The van der Waals surface area contributed by atoms with Gasteiger partial charge in [-0.3, -0.25) is 9.80 Å². The first kappa shape index (κ1) is 11.7. The molecule has 4 heteroatoms. The van der Waals surface area contributed by atoms with Crippen LogP contribution in [0.15, 0.2) is 30.5 Å². The molecule has 2 aromatic rings. The van der Waals surface area contributed by atoms with E-state index < -0.39 is 5.41 Å². The summed E-state index contributed by atoms with van der Waals surface area (Å²) in [4.78, 5) is 15.3. The predicted molar refractivity (Wildman–Crippen MR) is 68.3 cm³/mol. The number of carbonyl (C=O) groups excluding carboxylic acids is 1. The highest BCUT2D eigenvalue weighted by molar-refractivity contribution is 5.94. The van der Waals surface area contributed by atoms with Crippen LogP contribution in [0.25, 0.3) is 10.9 Å². The zero-order chi connectivity index (χ0) is 12.6. The van der Waals surface area contributed by atoms with E-state index in [4.69, 9.17) is 5.84 Å². The maximum Gasteiger partial charge on any atom is 0.246 e. The van der Waals surface area contributed by atoms with Gasteiger partial charge in [0.05, 0.1) is 5.41 Å². The Morgan fingerprint density at radius 2 is 2.00 bits per heavy atom. The second kappa shape index (κ2) is 3.89. The number of nitrogens with one attached hydrogen (secondary N) is 1. The normalized spacial score (nSPS) is 11.8. The van der Waals surface area contributed by atoms with Gasteiger partial charge in [-0.15, -0.1) is 0 Å². The van der Waals surface area contributed by atoms with Crippen molar-refractivity contribution >= 4 is 16.8 Å². The number of rotatable bonds is 2. The number of nitrogens with two attached hydrogens (primary N) is 1. The minimum atomic E-state index is -0.636. The van der Waals surface area contributed by atoms with Gasteiger partial charge in [-0.1, -0.05) is 18.2 Å². The minimum Gasteiger partial charge on any atom is -0.361 e. The molecule has 0 aliphatic rings. The summed E-state index contributed by atoms with van der Waals surface area (Å²) in [5.41, 5.74) is 1.36. The standard InChI is InChI=1S/C13H17N3O/c1-13(2,12(17)16(3)14)10-8-15-11-7-5-4-6-9(10)11/h4-8,15H,14H2,1-3H3. The number of nitrogens with zero attached hydrogens (tertiary/aromatic N) is 1. The third-order valence-corrected chi connectivity index (χ3v) is 3.12. The maximum absolute atomic E-state index is 12.1. The average Bonchev–Trinajstić information content (AvgIpc) is 2.72. The van der Waals surface area contributed by atoms with Gasteiger partial charge >= 0.3 is 0 Å².